The summed E-state index contributed by atoms with van der Waals surface area (Å²) in [5, 5.41) is 25.2. The Labute approximate surface area is 129 Å². The Hall–Kier alpha value is -3.30. The molecule has 0 saturated carbocycles. The lowest BCUT2D eigenvalue weighted by Crippen LogP contribution is -2.29. The number of fused-ring (bicyclic) bond motifs is 1. The van der Waals surface area contributed by atoms with E-state index in [1.54, 1.807) is 19.1 Å². The molecule has 10 nitrogen and oxygen atoms in total. The summed E-state index contributed by atoms with van der Waals surface area (Å²) in [5.74, 6) is -0.223. The number of non-ortho nitro benzene ring substituents is 1. The van der Waals surface area contributed by atoms with E-state index in [-0.39, 0.29) is 11.3 Å². The van der Waals surface area contributed by atoms with Gasteiger partial charge in [-0.25, -0.2) is 4.79 Å². The van der Waals surface area contributed by atoms with E-state index in [4.69, 9.17) is 4.74 Å². The molecule has 1 N–H and O–H groups in total. The number of nitrogens with one attached hydrogen (secondary N) is 1. The zero-order chi connectivity index (χ0) is 16.6. The molecule has 0 bridgehead atoms. The number of carbonyl (C=O) groups excluding carboxylic acids is 1. The summed E-state index contributed by atoms with van der Waals surface area (Å²) < 4.78 is 6.22. The summed E-state index contributed by atoms with van der Waals surface area (Å²) in [6, 6.07) is 5.26. The summed E-state index contributed by atoms with van der Waals surface area (Å²) >= 11 is 0. The van der Waals surface area contributed by atoms with Crippen molar-refractivity contribution in [3.05, 3.63) is 51.2 Å². The van der Waals surface area contributed by atoms with Gasteiger partial charge in [0.2, 0.25) is 5.95 Å². The highest BCUT2D eigenvalue weighted by atomic mass is 16.6. The van der Waals surface area contributed by atoms with E-state index in [0.717, 1.165) is 0 Å². The number of hydrogen-bond acceptors (Lipinski definition) is 8. The number of rotatable bonds is 3. The van der Waals surface area contributed by atoms with Crippen molar-refractivity contribution >= 4 is 17.6 Å². The third-order valence-corrected chi connectivity index (χ3v) is 3.52. The van der Waals surface area contributed by atoms with Crippen molar-refractivity contribution in [3.8, 4) is 0 Å². The van der Waals surface area contributed by atoms with Crippen molar-refractivity contribution in [3.63, 3.8) is 0 Å². The first-order valence-electron chi connectivity index (χ1n) is 6.61. The molecule has 0 fully saturated rings. The number of nitro groups is 1. The van der Waals surface area contributed by atoms with Crippen molar-refractivity contribution in [2.24, 2.45) is 0 Å². The fraction of sp³-hybridized carbons (Fsp3) is 0.231. The zero-order valence-corrected chi connectivity index (χ0v) is 12.3. The van der Waals surface area contributed by atoms with Crippen molar-refractivity contribution in [2.75, 3.05) is 12.4 Å². The fourth-order valence-corrected chi connectivity index (χ4v) is 2.50. The van der Waals surface area contributed by atoms with Crippen LogP contribution in [0.5, 0.6) is 0 Å². The Morgan fingerprint density at radius 2 is 2.26 bits per heavy atom. The van der Waals surface area contributed by atoms with Gasteiger partial charge in [0.15, 0.2) is 0 Å². The highest BCUT2D eigenvalue weighted by molar-refractivity contribution is 5.92. The van der Waals surface area contributed by atoms with Crippen LogP contribution >= 0.6 is 0 Å². The molecular formula is C13H12N6O4. The molecular weight excluding hydrogens is 304 g/mol. The first kappa shape index (κ1) is 14.6. The summed E-state index contributed by atoms with van der Waals surface area (Å²) in [7, 11) is 1.27. The Kier molecular flexibility index (Phi) is 3.48. The fourth-order valence-electron chi connectivity index (χ4n) is 2.50. The Morgan fingerprint density at radius 1 is 1.48 bits per heavy atom. The summed E-state index contributed by atoms with van der Waals surface area (Å²) in [6.07, 6.45) is 0. The first-order valence-corrected chi connectivity index (χ1v) is 6.61. The third-order valence-electron chi connectivity index (χ3n) is 3.52. The molecule has 118 valence electrons. The predicted octanol–water partition coefficient (Wildman–Crippen LogP) is 1.04. The number of tetrazole rings is 1. The summed E-state index contributed by atoms with van der Waals surface area (Å²) in [6.45, 7) is 1.69. The van der Waals surface area contributed by atoms with Gasteiger partial charge >= 0.3 is 5.97 Å². The number of anilines is 1. The molecule has 1 atom stereocenters. The monoisotopic (exact) mass is 316 g/mol. The standard InChI is InChI=1S/C13H12N6O4/c1-7-10(12(20)23-2)11(18-13(14-7)15-16-17-18)8-4-3-5-9(6-8)19(21)22/h3-6,11H,1-2H3,(H,14,15,17). The van der Waals surface area contributed by atoms with Crippen LogP contribution in [0.15, 0.2) is 35.5 Å². The lowest BCUT2D eigenvalue weighted by Gasteiger charge is -2.26. The van der Waals surface area contributed by atoms with Crippen LogP contribution in [-0.2, 0) is 9.53 Å². The minimum absolute atomic E-state index is 0.0856. The van der Waals surface area contributed by atoms with Gasteiger partial charge < -0.3 is 10.1 Å². The molecule has 0 radical (unpaired) electrons. The number of ether oxygens (including phenoxy) is 1. The van der Waals surface area contributed by atoms with Crippen LogP contribution < -0.4 is 5.32 Å². The minimum Gasteiger partial charge on any atom is -0.466 e. The summed E-state index contributed by atoms with van der Waals surface area (Å²) in [4.78, 5) is 22.7. The molecule has 3 rings (SSSR count). The van der Waals surface area contributed by atoms with Crippen LogP contribution in [0.4, 0.5) is 11.6 Å². The number of nitrogens with zero attached hydrogens (tertiary/aromatic N) is 5. The SMILES string of the molecule is COC(=O)C1=C(C)Nc2nnnn2C1c1cccc([N+](=O)[O-])c1. The van der Waals surface area contributed by atoms with E-state index in [1.807, 2.05) is 0 Å². The van der Waals surface area contributed by atoms with Crippen LogP contribution in [0.1, 0.15) is 18.5 Å². The van der Waals surface area contributed by atoms with E-state index < -0.39 is 16.9 Å². The molecule has 1 aromatic carbocycles. The van der Waals surface area contributed by atoms with Gasteiger partial charge in [0, 0.05) is 17.8 Å². The van der Waals surface area contributed by atoms with E-state index in [0.29, 0.717) is 17.2 Å². The number of aromatic nitrogens is 4. The number of allylic oxidation sites excluding steroid dienone is 1. The number of nitro benzene ring substituents is 1. The number of benzene rings is 1. The molecule has 1 aliphatic heterocycles. The van der Waals surface area contributed by atoms with Gasteiger partial charge in [-0.2, -0.15) is 4.68 Å². The molecule has 2 heterocycles. The molecule has 1 aromatic heterocycles. The topological polar surface area (TPSA) is 125 Å². The molecule has 1 unspecified atom stereocenters. The average Bonchev–Trinajstić information content (AvgIpc) is 3.00. The van der Waals surface area contributed by atoms with E-state index >= 15 is 0 Å². The van der Waals surface area contributed by atoms with Gasteiger partial charge in [-0.05, 0) is 22.9 Å². The van der Waals surface area contributed by atoms with Gasteiger partial charge in [-0.15, -0.1) is 0 Å². The second-order valence-corrected chi connectivity index (χ2v) is 4.86. The van der Waals surface area contributed by atoms with Gasteiger partial charge in [0.25, 0.3) is 5.69 Å². The third kappa shape index (κ3) is 2.39. The molecule has 23 heavy (non-hydrogen) atoms. The smallest absolute Gasteiger partial charge is 0.338 e. The first-order chi connectivity index (χ1) is 11.0. The molecule has 0 saturated heterocycles. The molecule has 0 amide bonds. The van der Waals surface area contributed by atoms with Crippen LogP contribution in [0.3, 0.4) is 0 Å². The van der Waals surface area contributed by atoms with Crippen molar-refractivity contribution < 1.29 is 14.5 Å². The molecule has 2 aromatic rings. The van der Waals surface area contributed by atoms with Crippen LogP contribution in [0.2, 0.25) is 0 Å². The predicted molar refractivity (Wildman–Crippen MR) is 77.4 cm³/mol. The Balaban J connectivity index is 2.19. The van der Waals surface area contributed by atoms with Crippen molar-refractivity contribution in [2.45, 2.75) is 13.0 Å². The number of esters is 1. The van der Waals surface area contributed by atoms with Crippen LogP contribution in [0, 0.1) is 10.1 Å². The Bertz CT molecular complexity index is 827. The van der Waals surface area contributed by atoms with Crippen molar-refractivity contribution in [1.82, 2.24) is 20.2 Å². The highest BCUT2D eigenvalue weighted by Crippen LogP contribution is 2.35. The summed E-state index contributed by atoms with van der Waals surface area (Å²) in [5.41, 5.74) is 1.23. The van der Waals surface area contributed by atoms with Crippen LogP contribution in [-0.4, -0.2) is 38.2 Å². The lowest BCUT2D eigenvalue weighted by molar-refractivity contribution is -0.384. The number of carbonyl (C=O) groups is 1. The zero-order valence-electron chi connectivity index (χ0n) is 12.3. The maximum Gasteiger partial charge on any atom is 0.338 e. The Morgan fingerprint density at radius 3 is 2.96 bits per heavy atom. The van der Waals surface area contributed by atoms with Gasteiger partial charge in [0.1, 0.15) is 6.04 Å². The molecule has 0 aliphatic carbocycles. The second kappa shape index (κ2) is 5.48. The van der Waals surface area contributed by atoms with Gasteiger partial charge in [-0.1, -0.05) is 17.2 Å². The minimum atomic E-state index is -0.714. The maximum absolute atomic E-state index is 12.2. The molecule has 0 spiro atoms. The van der Waals surface area contributed by atoms with Crippen molar-refractivity contribution in [1.29, 1.82) is 0 Å². The van der Waals surface area contributed by atoms with E-state index in [2.05, 4.69) is 20.8 Å². The van der Waals surface area contributed by atoms with Gasteiger partial charge in [0.05, 0.1) is 17.6 Å². The van der Waals surface area contributed by atoms with Crippen LogP contribution in [0.25, 0.3) is 0 Å². The molecule has 10 heteroatoms. The quantitative estimate of drug-likeness (QED) is 0.506. The maximum atomic E-state index is 12.2. The van der Waals surface area contributed by atoms with Gasteiger partial charge in [-0.3, -0.25) is 10.1 Å². The number of hydrogen-bond donors (Lipinski definition) is 1. The number of methoxy groups -OCH3 is 1. The largest absolute Gasteiger partial charge is 0.466 e. The normalized spacial score (nSPS) is 16.5. The van der Waals surface area contributed by atoms with E-state index in [1.165, 1.54) is 23.9 Å². The highest BCUT2D eigenvalue weighted by Gasteiger charge is 2.35. The molecule has 1 aliphatic rings. The second-order valence-electron chi connectivity index (χ2n) is 4.86. The lowest BCUT2D eigenvalue weighted by atomic mass is 9.95. The van der Waals surface area contributed by atoms with E-state index in [9.17, 15) is 14.9 Å². The average molecular weight is 316 g/mol.